The second-order valence-electron chi connectivity index (χ2n) is 6.70. The van der Waals surface area contributed by atoms with Crippen LogP contribution < -0.4 is 5.32 Å². The van der Waals surface area contributed by atoms with Gasteiger partial charge in [0.15, 0.2) is 0 Å². The summed E-state index contributed by atoms with van der Waals surface area (Å²) in [6.07, 6.45) is 0.540. The summed E-state index contributed by atoms with van der Waals surface area (Å²) in [5, 5.41) is 2.85. The molecule has 1 aromatic carbocycles. The fourth-order valence-electron chi connectivity index (χ4n) is 3.35. The molecule has 2 unspecified atom stereocenters. The topological polar surface area (TPSA) is 79.0 Å². The van der Waals surface area contributed by atoms with Gasteiger partial charge in [-0.15, -0.1) is 0 Å². The molecule has 0 aromatic heterocycles. The molecule has 0 saturated carbocycles. The largest absolute Gasteiger partial charge is 0.372 e. The van der Waals surface area contributed by atoms with Crippen molar-refractivity contribution >= 4 is 33.8 Å². The molecule has 140 valence electrons. The maximum Gasteiger partial charge on any atom is 0.317 e. The molecule has 2 aliphatic heterocycles. The Morgan fingerprint density at radius 1 is 1.19 bits per heavy atom. The van der Waals surface area contributed by atoms with Gasteiger partial charge in [0, 0.05) is 30.7 Å². The number of carbonyl (C=O) groups is 3. The van der Waals surface area contributed by atoms with Crippen molar-refractivity contribution < 1.29 is 19.1 Å². The summed E-state index contributed by atoms with van der Waals surface area (Å²) in [7, 11) is 0. The van der Waals surface area contributed by atoms with Crippen molar-refractivity contribution in [3.8, 4) is 0 Å². The van der Waals surface area contributed by atoms with Crippen LogP contribution in [0.3, 0.4) is 0 Å². The number of benzene rings is 1. The van der Waals surface area contributed by atoms with E-state index in [2.05, 4.69) is 21.2 Å². The molecule has 2 heterocycles. The predicted molar refractivity (Wildman–Crippen MR) is 99.1 cm³/mol. The Kier molecular flexibility index (Phi) is 5.62. The molecule has 0 radical (unpaired) electrons. The first kappa shape index (κ1) is 18.8. The number of urea groups is 1. The van der Waals surface area contributed by atoms with E-state index in [9.17, 15) is 14.4 Å². The molecule has 1 fully saturated rings. The van der Waals surface area contributed by atoms with E-state index < -0.39 is 0 Å². The van der Waals surface area contributed by atoms with E-state index in [4.69, 9.17) is 4.74 Å². The normalized spacial score (nSPS) is 22.6. The van der Waals surface area contributed by atoms with Gasteiger partial charge in [0.05, 0.1) is 23.3 Å². The zero-order valence-corrected chi connectivity index (χ0v) is 16.4. The van der Waals surface area contributed by atoms with Crippen molar-refractivity contribution in [2.24, 2.45) is 0 Å². The van der Waals surface area contributed by atoms with Gasteiger partial charge in [-0.3, -0.25) is 14.5 Å². The van der Waals surface area contributed by atoms with Gasteiger partial charge in [0.25, 0.3) is 11.8 Å². The molecule has 1 N–H and O–H groups in total. The van der Waals surface area contributed by atoms with Crippen molar-refractivity contribution in [2.75, 3.05) is 26.2 Å². The highest BCUT2D eigenvalue weighted by molar-refractivity contribution is 9.10. The molecule has 8 heteroatoms. The van der Waals surface area contributed by atoms with Crippen molar-refractivity contribution in [1.29, 1.82) is 0 Å². The van der Waals surface area contributed by atoms with Gasteiger partial charge in [-0.05, 0) is 38.5 Å². The fraction of sp³-hybridized carbons (Fsp3) is 0.500. The molecular weight excluding hydrogens is 402 g/mol. The van der Waals surface area contributed by atoms with Crippen LogP contribution in [-0.4, -0.2) is 66.0 Å². The van der Waals surface area contributed by atoms with E-state index in [1.807, 2.05) is 13.8 Å². The number of hydrogen-bond donors (Lipinski definition) is 1. The second kappa shape index (κ2) is 7.75. The third-order valence-electron chi connectivity index (χ3n) is 4.47. The highest BCUT2D eigenvalue weighted by Crippen LogP contribution is 2.26. The maximum atomic E-state index is 12.4. The highest BCUT2D eigenvalue weighted by Gasteiger charge is 2.35. The summed E-state index contributed by atoms with van der Waals surface area (Å²) in [6.45, 7) is 5.68. The zero-order valence-electron chi connectivity index (χ0n) is 14.8. The number of carbonyl (C=O) groups excluding carboxylic acids is 3. The highest BCUT2D eigenvalue weighted by atomic mass is 79.9. The summed E-state index contributed by atoms with van der Waals surface area (Å²) in [5.74, 6) is -0.562. The Labute approximate surface area is 160 Å². The van der Waals surface area contributed by atoms with E-state index in [0.717, 1.165) is 4.47 Å². The van der Waals surface area contributed by atoms with Gasteiger partial charge < -0.3 is 15.0 Å². The maximum absolute atomic E-state index is 12.4. The summed E-state index contributed by atoms with van der Waals surface area (Å²) in [5.41, 5.74) is 0.850. The van der Waals surface area contributed by atoms with E-state index in [-0.39, 0.29) is 36.6 Å². The standard InChI is InChI=1S/C18H22BrN3O4/c1-11-9-21(10-12(2)26-11)18(25)20-6-3-7-22-16(23)14-5-4-13(19)8-15(14)17(22)24/h4-5,8,11-12H,3,6-7,9-10H2,1-2H3,(H,20,25). The quantitative estimate of drug-likeness (QED) is 0.594. The lowest BCUT2D eigenvalue weighted by Crippen LogP contribution is -2.51. The van der Waals surface area contributed by atoms with E-state index in [1.165, 1.54) is 4.90 Å². The zero-order chi connectivity index (χ0) is 18.8. The summed E-state index contributed by atoms with van der Waals surface area (Å²) >= 11 is 3.32. The molecule has 0 bridgehead atoms. The van der Waals surface area contributed by atoms with Crippen LogP contribution in [0.25, 0.3) is 0 Å². The van der Waals surface area contributed by atoms with Gasteiger partial charge in [-0.25, -0.2) is 4.79 Å². The first-order chi connectivity index (χ1) is 12.4. The van der Waals surface area contributed by atoms with Crippen molar-refractivity contribution in [3.05, 3.63) is 33.8 Å². The second-order valence-corrected chi connectivity index (χ2v) is 7.62. The number of morpholine rings is 1. The van der Waals surface area contributed by atoms with Crippen LogP contribution >= 0.6 is 15.9 Å². The van der Waals surface area contributed by atoms with Crippen LogP contribution in [0.5, 0.6) is 0 Å². The number of hydrogen-bond acceptors (Lipinski definition) is 4. The van der Waals surface area contributed by atoms with Crippen LogP contribution in [0.2, 0.25) is 0 Å². The van der Waals surface area contributed by atoms with Gasteiger partial charge in [0.1, 0.15) is 0 Å². The number of nitrogens with zero attached hydrogens (tertiary/aromatic N) is 2. The Hall–Kier alpha value is -1.93. The van der Waals surface area contributed by atoms with Crippen LogP contribution in [0.1, 0.15) is 41.0 Å². The van der Waals surface area contributed by atoms with Crippen LogP contribution in [-0.2, 0) is 4.74 Å². The SMILES string of the molecule is CC1CN(C(=O)NCCCN2C(=O)c3ccc(Br)cc3C2=O)CC(C)O1. The number of rotatable bonds is 4. The van der Waals surface area contributed by atoms with E-state index in [0.29, 0.717) is 37.2 Å². The number of imide groups is 1. The van der Waals surface area contributed by atoms with E-state index >= 15 is 0 Å². The van der Waals surface area contributed by atoms with Gasteiger partial charge in [0.2, 0.25) is 0 Å². The van der Waals surface area contributed by atoms with Crippen LogP contribution in [0.15, 0.2) is 22.7 Å². The van der Waals surface area contributed by atoms with Crippen molar-refractivity contribution in [1.82, 2.24) is 15.1 Å². The predicted octanol–water partition coefficient (Wildman–Crippen LogP) is 2.25. The molecule has 4 amide bonds. The molecule has 3 rings (SSSR count). The molecule has 26 heavy (non-hydrogen) atoms. The fourth-order valence-corrected chi connectivity index (χ4v) is 3.72. The Balaban J connectivity index is 1.48. The Morgan fingerprint density at radius 3 is 2.54 bits per heavy atom. The average Bonchev–Trinajstić information content (AvgIpc) is 2.81. The number of ether oxygens (including phenoxy) is 1. The first-order valence-electron chi connectivity index (χ1n) is 8.71. The lowest BCUT2D eigenvalue weighted by molar-refractivity contribution is -0.0545. The minimum atomic E-state index is -0.284. The molecule has 7 nitrogen and oxygen atoms in total. The summed E-state index contributed by atoms with van der Waals surface area (Å²) in [4.78, 5) is 39.9. The summed E-state index contributed by atoms with van der Waals surface area (Å²) in [6, 6.07) is 4.93. The number of nitrogens with one attached hydrogen (secondary N) is 1. The third kappa shape index (κ3) is 3.91. The number of halogens is 1. The van der Waals surface area contributed by atoms with Crippen molar-refractivity contribution in [3.63, 3.8) is 0 Å². The smallest absolute Gasteiger partial charge is 0.317 e. The van der Waals surface area contributed by atoms with E-state index in [1.54, 1.807) is 23.1 Å². The van der Waals surface area contributed by atoms with Gasteiger partial charge in [-0.1, -0.05) is 15.9 Å². The van der Waals surface area contributed by atoms with Crippen molar-refractivity contribution in [2.45, 2.75) is 32.5 Å². The number of amides is 4. The monoisotopic (exact) mass is 423 g/mol. The molecule has 1 saturated heterocycles. The van der Waals surface area contributed by atoms with Crippen LogP contribution in [0, 0.1) is 0 Å². The van der Waals surface area contributed by atoms with Gasteiger partial charge >= 0.3 is 6.03 Å². The van der Waals surface area contributed by atoms with Gasteiger partial charge in [-0.2, -0.15) is 0 Å². The molecule has 2 atom stereocenters. The Bertz CT molecular complexity index is 729. The lowest BCUT2D eigenvalue weighted by Gasteiger charge is -2.35. The molecule has 2 aliphatic rings. The third-order valence-corrected chi connectivity index (χ3v) is 4.97. The average molecular weight is 424 g/mol. The molecule has 0 spiro atoms. The molecule has 0 aliphatic carbocycles. The van der Waals surface area contributed by atoms with Crippen LogP contribution in [0.4, 0.5) is 4.79 Å². The molecular formula is C18H22BrN3O4. The minimum Gasteiger partial charge on any atom is -0.372 e. The lowest BCUT2D eigenvalue weighted by atomic mass is 10.1. The first-order valence-corrected chi connectivity index (χ1v) is 9.50. The number of fused-ring (bicyclic) bond motifs is 1. The Morgan fingerprint density at radius 2 is 1.85 bits per heavy atom. The summed E-state index contributed by atoms with van der Waals surface area (Å²) < 4.78 is 6.38. The molecule has 1 aromatic rings. The minimum absolute atomic E-state index is 0.0159.